The molecule has 0 spiro atoms. The predicted octanol–water partition coefficient (Wildman–Crippen LogP) is 2.42. The van der Waals surface area contributed by atoms with Crippen molar-refractivity contribution in [3.05, 3.63) is 47.2 Å². The first-order valence-electron chi connectivity index (χ1n) is 11.3. The molecule has 1 aliphatic rings. The summed E-state index contributed by atoms with van der Waals surface area (Å²) in [5, 5.41) is 12.6. The largest absolute Gasteiger partial charge is 0.480 e. The topological polar surface area (TPSA) is 102 Å². The number of hydrogen-bond donors (Lipinski definition) is 0. The van der Waals surface area contributed by atoms with E-state index in [4.69, 9.17) is 9.72 Å². The van der Waals surface area contributed by atoms with Crippen molar-refractivity contribution in [1.29, 1.82) is 0 Å². The number of methoxy groups -OCH3 is 1. The summed E-state index contributed by atoms with van der Waals surface area (Å²) in [7, 11) is 1.54. The molecule has 1 saturated heterocycles. The highest BCUT2D eigenvalue weighted by Gasteiger charge is 2.27. The molecule has 1 fully saturated rings. The number of hydrogen-bond acceptors (Lipinski definition) is 8. The van der Waals surface area contributed by atoms with E-state index in [1.165, 1.54) is 0 Å². The number of anilines is 1. The van der Waals surface area contributed by atoms with E-state index in [0.717, 1.165) is 36.1 Å². The van der Waals surface area contributed by atoms with Crippen LogP contribution in [0.2, 0.25) is 0 Å². The summed E-state index contributed by atoms with van der Waals surface area (Å²) in [6, 6.07) is 5.52. The average Bonchev–Trinajstić information content (AvgIpc) is 3.27. The number of ether oxygens (including phenoxy) is 1. The van der Waals surface area contributed by atoms with Crippen molar-refractivity contribution in [2.75, 3.05) is 38.2 Å². The Morgan fingerprint density at radius 1 is 1.09 bits per heavy atom. The molecule has 4 heterocycles. The zero-order valence-corrected chi connectivity index (χ0v) is 19.8. The van der Waals surface area contributed by atoms with Crippen molar-refractivity contribution in [2.24, 2.45) is 0 Å². The quantitative estimate of drug-likeness (QED) is 0.564. The van der Waals surface area contributed by atoms with Crippen LogP contribution in [0.1, 0.15) is 54.3 Å². The Morgan fingerprint density at radius 2 is 1.85 bits per heavy atom. The van der Waals surface area contributed by atoms with Gasteiger partial charge in [0, 0.05) is 49.9 Å². The van der Waals surface area contributed by atoms with Gasteiger partial charge in [0.25, 0.3) is 5.91 Å². The van der Waals surface area contributed by atoms with E-state index in [2.05, 4.69) is 39.0 Å². The van der Waals surface area contributed by atoms with Crippen molar-refractivity contribution in [2.45, 2.75) is 40.0 Å². The zero-order chi connectivity index (χ0) is 23.5. The van der Waals surface area contributed by atoms with Gasteiger partial charge in [0.2, 0.25) is 5.88 Å². The molecular formula is C23H30N8O2. The van der Waals surface area contributed by atoms with Crippen LogP contribution in [0.15, 0.2) is 24.4 Å². The number of piperazine rings is 1. The number of nitrogens with zero attached hydrogens (tertiary/aromatic N) is 8. The van der Waals surface area contributed by atoms with Crippen molar-refractivity contribution in [1.82, 2.24) is 34.8 Å². The lowest BCUT2D eigenvalue weighted by Gasteiger charge is -2.35. The normalized spacial score (nSPS) is 14.1. The molecular weight excluding hydrogens is 420 g/mol. The Kier molecular flexibility index (Phi) is 6.52. The van der Waals surface area contributed by atoms with Gasteiger partial charge in [0.15, 0.2) is 5.82 Å². The van der Waals surface area contributed by atoms with E-state index in [9.17, 15) is 4.79 Å². The van der Waals surface area contributed by atoms with E-state index in [-0.39, 0.29) is 11.8 Å². The highest BCUT2D eigenvalue weighted by Crippen LogP contribution is 2.21. The smallest absolute Gasteiger partial charge is 0.257 e. The van der Waals surface area contributed by atoms with Crippen molar-refractivity contribution in [3.63, 3.8) is 0 Å². The Morgan fingerprint density at radius 3 is 2.45 bits per heavy atom. The lowest BCUT2D eigenvalue weighted by molar-refractivity contribution is 0.0745. The summed E-state index contributed by atoms with van der Waals surface area (Å²) in [6.07, 6.45) is 2.27. The van der Waals surface area contributed by atoms with Gasteiger partial charge in [-0.3, -0.25) is 4.79 Å². The van der Waals surface area contributed by atoms with Crippen molar-refractivity contribution < 1.29 is 9.53 Å². The fraction of sp³-hybridized carbons (Fsp3) is 0.478. The molecule has 0 N–H and O–H groups in total. The number of carbonyl (C=O) groups is 1. The van der Waals surface area contributed by atoms with Crippen LogP contribution in [-0.4, -0.2) is 74.0 Å². The Labute approximate surface area is 193 Å². The van der Waals surface area contributed by atoms with Gasteiger partial charge in [0.05, 0.1) is 24.6 Å². The number of amides is 1. The number of aromatic nitrogens is 6. The third-order valence-corrected chi connectivity index (χ3v) is 5.75. The third kappa shape index (κ3) is 4.64. The molecule has 0 radical (unpaired) electrons. The van der Waals surface area contributed by atoms with E-state index < -0.39 is 0 Å². The van der Waals surface area contributed by atoms with Crippen molar-refractivity contribution in [3.8, 4) is 11.7 Å². The summed E-state index contributed by atoms with van der Waals surface area (Å²) in [4.78, 5) is 26.7. The van der Waals surface area contributed by atoms with Crippen LogP contribution in [-0.2, 0) is 6.42 Å². The molecule has 0 unspecified atom stereocenters. The van der Waals surface area contributed by atoms with Gasteiger partial charge in [-0.25, -0.2) is 14.6 Å². The molecule has 1 amide bonds. The molecule has 174 valence electrons. The van der Waals surface area contributed by atoms with Crippen LogP contribution in [0.25, 0.3) is 5.82 Å². The molecule has 0 aliphatic carbocycles. The molecule has 10 nitrogen and oxygen atoms in total. The van der Waals surface area contributed by atoms with Gasteiger partial charge in [-0.15, -0.1) is 10.2 Å². The maximum Gasteiger partial charge on any atom is 0.257 e. The van der Waals surface area contributed by atoms with Crippen LogP contribution in [0, 0.1) is 6.92 Å². The maximum absolute atomic E-state index is 13.3. The van der Waals surface area contributed by atoms with E-state index >= 15 is 0 Å². The van der Waals surface area contributed by atoms with Crippen LogP contribution < -0.4 is 9.64 Å². The number of aryl methyl sites for hydroxylation is 1. The second kappa shape index (κ2) is 9.51. The number of rotatable bonds is 6. The average molecular weight is 451 g/mol. The summed E-state index contributed by atoms with van der Waals surface area (Å²) in [5.41, 5.74) is 2.38. The zero-order valence-electron chi connectivity index (χ0n) is 19.8. The van der Waals surface area contributed by atoms with E-state index in [1.54, 1.807) is 30.1 Å². The van der Waals surface area contributed by atoms with Crippen LogP contribution in [0.4, 0.5) is 5.82 Å². The summed E-state index contributed by atoms with van der Waals surface area (Å²) in [6.45, 7) is 10.9. The first-order valence-corrected chi connectivity index (χ1v) is 11.3. The van der Waals surface area contributed by atoms with Gasteiger partial charge in [0.1, 0.15) is 11.6 Å². The van der Waals surface area contributed by atoms with Gasteiger partial charge in [-0.1, -0.05) is 20.8 Å². The molecule has 3 aromatic heterocycles. The van der Waals surface area contributed by atoms with E-state index in [0.29, 0.717) is 36.8 Å². The Hall–Kier alpha value is -3.56. The minimum Gasteiger partial charge on any atom is -0.480 e. The van der Waals surface area contributed by atoms with E-state index in [1.807, 2.05) is 24.8 Å². The van der Waals surface area contributed by atoms with Crippen LogP contribution >= 0.6 is 0 Å². The maximum atomic E-state index is 13.3. The SMILES string of the molecule is CCc1c(C(=O)N2CCN(c3cc(C)nc(C(C)C)n3)CC2)cnn1-c1ccc(OC)nn1. The Balaban J connectivity index is 1.48. The third-order valence-electron chi connectivity index (χ3n) is 5.75. The second-order valence-corrected chi connectivity index (χ2v) is 8.36. The van der Waals surface area contributed by atoms with Crippen LogP contribution in [0.3, 0.4) is 0 Å². The monoisotopic (exact) mass is 450 g/mol. The second-order valence-electron chi connectivity index (χ2n) is 8.36. The van der Waals surface area contributed by atoms with Crippen molar-refractivity contribution >= 4 is 11.7 Å². The first-order chi connectivity index (χ1) is 15.9. The van der Waals surface area contributed by atoms with Crippen LogP contribution in [0.5, 0.6) is 5.88 Å². The van der Waals surface area contributed by atoms with Gasteiger partial charge in [-0.05, 0) is 19.4 Å². The lowest BCUT2D eigenvalue weighted by atomic mass is 10.1. The van der Waals surface area contributed by atoms with Gasteiger partial charge >= 0.3 is 0 Å². The number of carbonyl (C=O) groups excluding carboxylic acids is 1. The molecule has 1 aliphatic heterocycles. The summed E-state index contributed by atoms with van der Waals surface area (Å²) in [5.74, 6) is 3.02. The lowest BCUT2D eigenvalue weighted by Crippen LogP contribution is -2.49. The minimum atomic E-state index is -0.0130. The predicted molar refractivity (Wildman–Crippen MR) is 124 cm³/mol. The standard InChI is InChI=1S/C23H30N8O2/c1-6-18-17(14-24-31(18)19-7-8-21(33-5)28-27-19)23(32)30-11-9-29(10-12-30)20-13-16(4)25-22(26-20)15(2)3/h7-8,13-15H,6,9-12H2,1-5H3. The fourth-order valence-electron chi connectivity index (χ4n) is 3.93. The summed E-state index contributed by atoms with van der Waals surface area (Å²) >= 11 is 0. The highest BCUT2D eigenvalue weighted by molar-refractivity contribution is 5.95. The first kappa shape index (κ1) is 22.6. The molecule has 0 aromatic carbocycles. The molecule has 10 heteroatoms. The fourth-order valence-corrected chi connectivity index (χ4v) is 3.93. The molecule has 0 bridgehead atoms. The molecule has 0 atom stereocenters. The molecule has 4 rings (SSSR count). The summed E-state index contributed by atoms with van der Waals surface area (Å²) < 4.78 is 6.75. The molecule has 0 saturated carbocycles. The minimum absolute atomic E-state index is 0.0130. The molecule has 3 aromatic rings. The highest BCUT2D eigenvalue weighted by atomic mass is 16.5. The Bertz CT molecular complexity index is 1120. The molecule has 33 heavy (non-hydrogen) atoms. The van der Waals surface area contributed by atoms with Gasteiger partial charge < -0.3 is 14.5 Å². The van der Waals surface area contributed by atoms with Gasteiger partial charge in [-0.2, -0.15) is 5.10 Å².